The Balaban J connectivity index is 1.85. The van der Waals surface area contributed by atoms with E-state index in [1.807, 2.05) is 0 Å². The molecular weight excluding hydrogens is 325 g/mol. The van der Waals surface area contributed by atoms with Crippen LogP contribution in [0.3, 0.4) is 0 Å². The maximum absolute atomic E-state index is 14.1. The second-order valence-corrected chi connectivity index (χ2v) is 5.32. The van der Waals surface area contributed by atoms with Crippen molar-refractivity contribution in [1.29, 1.82) is 0 Å². The van der Waals surface area contributed by atoms with Crippen molar-refractivity contribution in [2.75, 3.05) is 5.32 Å². The third-order valence-electron chi connectivity index (χ3n) is 3.33. The molecule has 23 heavy (non-hydrogen) atoms. The summed E-state index contributed by atoms with van der Waals surface area (Å²) in [5.74, 6) is -1.97. The molecule has 2 aromatic carbocycles. The first kappa shape index (κ1) is 15.2. The van der Waals surface area contributed by atoms with Crippen LogP contribution < -0.4 is 5.32 Å². The third kappa shape index (κ3) is 3.07. The number of phenols is 1. The van der Waals surface area contributed by atoms with Crippen molar-refractivity contribution in [2.45, 2.75) is 6.54 Å². The summed E-state index contributed by atoms with van der Waals surface area (Å²) in [4.78, 5) is 10.9. The zero-order chi connectivity index (χ0) is 16.6. The maximum atomic E-state index is 14.1. The van der Waals surface area contributed by atoms with Crippen molar-refractivity contribution < 1.29 is 23.8 Å². The number of benzene rings is 2. The molecule has 0 aliphatic rings. The minimum atomic E-state index is -1.21. The quantitative estimate of drug-likeness (QED) is 0.621. The van der Waals surface area contributed by atoms with Gasteiger partial charge in [0.05, 0.1) is 5.02 Å². The second-order valence-electron chi connectivity index (χ2n) is 4.92. The number of carboxylic acid groups (broad SMARTS) is 1. The van der Waals surface area contributed by atoms with E-state index >= 15 is 0 Å². The van der Waals surface area contributed by atoms with Crippen molar-refractivity contribution in [3.8, 4) is 5.75 Å². The summed E-state index contributed by atoms with van der Waals surface area (Å²) in [6, 6.07) is 8.50. The minimum Gasteiger partial charge on any atom is -0.506 e. The number of phenolic OH excluding ortho intramolecular Hbond substituents is 1. The highest BCUT2D eigenvalue weighted by molar-refractivity contribution is 6.32. The number of anilines is 1. The highest BCUT2D eigenvalue weighted by atomic mass is 35.5. The van der Waals surface area contributed by atoms with Crippen molar-refractivity contribution >= 4 is 34.2 Å². The Labute approximate surface area is 134 Å². The maximum Gasteiger partial charge on any atom is 0.371 e. The van der Waals surface area contributed by atoms with Crippen LogP contribution in [0.5, 0.6) is 5.75 Å². The topological polar surface area (TPSA) is 82.7 Å². The van der Waals surface area contributed by atoms with Crippen LogP contribution in [-0.4, -0.2) is 16.2 Å². The molecule has 0 fully saturated rings. The molecule has 3 rings (SSSR count). The molecule has 3 N–H and O–H groups in total. The number of fused-ring (bicyclic) bond motifs is 1. The summed E-state index contributed by atoms with van der Waals surface area (Å²) in [6.07, 6.45) is 0. The molecule has 0 saturated carbocycles. The van der Waals surface area contributed by atoms with Gasteiger partial charge >= 0.3 is 5.97 Å². The lowest BCUT2D eigenvalue weighted by Crippen LogP contribution is -2.01. The van der Waals surface area contributed by atoms with Crippen LogP contribution in [0.15, 0.2) is 40.8 Å². The summed E-state index contributed by atoms with van der Waals surface area (Å²) < 4.78 is 19.2. The van der Waals surface area contributed by atoms with Gasteiger partial charge in [0.25, 0.3) is 0 Å². The molecule has 0 saturated heterocycles. The van der Waals surface area contributed by atoms with E-state index < -0.39 is 11.8 Å². The molecule has 0 bridgehead atoms. The van der Waals surface area contributed by atoms with Gasteiger partial charge in [0, 0.05) is 23.2 Å². The molecule has 0 aliphatic heterocycles. The summed E-state index contributed by atoms with van der Waals surface area (Å²) in [5, 5.41) is 21.8. The highest BCUT2D eigenvalue weighted by Gasteiger charge is 2.13. The smallest absolute Gasteiger partial charge is 0.371 e. The Bertz CT molecular complexity index is 906. The highest BCUT2D eigenvalue weighted by Crippen LogP contribution is 2.27. The number of carbonyl (C=O) groups is 1. The van der Waals surface area contributed by atoms with Gasteiger partial charge in [-0.1, -0.05) is 11.6 Å². The SMILES string of the molecule is O=C(O)c1cc2cc(F)c(CNc3ccc(O)c(Cl)c3)cc2o1. The van der Waals surface area contributed by atoms with E-state index in [1.54, 1.807) is 6.07 Å². The van der Waals surface area contributed by atoms with E-state index in [0.717, 1.165) is 0 Å². The Hall–Kier alpha value is -2.73. The number of hydrogen-bond acceptors (Lipinski definition) is 4. The molecule has 7 heteroatoms. The lowest BCUT2D eigenvalue weighted by Gasteiger charge is -2.08. The van der Waals surface area contributed by atoms with Gasteiger partial charge in [-0.05, 0) is 36.4 Å². The van der Waals surface area contributed by atoms with Gasteiger partial charge in [0.2, 0.25) is 5.76 Å². The number of hydrogen-bond donors (Lipinski definition) is 3. The van der Waals surface area contributed by atoms with Crippen LogP contribution in [0.4, 0.5) is 10.1 Å². The number of carboxylic acids is 1. The number of rotatable bonds is 4. The van der Waals surface area contributed by atoms with Crippen LogP contribution in [0.25, 0.3) is 11.0 Å². The monoisotopic (exact) mass is 335 g/mol. The number of aromatic hydroxyl groups is 1. The van der Waals surface area contributed by atoms with Crippen molar-refractivity contribution in [2.24, 2.45) is 0 Å². The number of halogens is 2. The van der Waals surface area contributed by atoms with Gasteiger partial charge in [-0.15, -0.1) is 0 Å². The van der Waals surface area contributed by atoms with Crippen LogP contribution in [0, 0.1) is 5.82 Å². The van der Waals surface area contributed by atoms with Crippen LogP contribution >= 0.6 is 11.6 Å². The Morgan fingerprint density at radius 3 is 2.74 bits per heavy atom. The molecule has 1 aromatic heterocycles. The number of nitrogens with one attached hydrogen (secondary N) is 1. The Morgan fingerprint density at radius 2 is 2.04 bits per heavy atom. The molecular formula is C16H11ClFNO4. The fraction of sp³-hybridized carbons (Fsp3) is 0.0625. The minimum absolute atomic E-state index is 0.0402. The van der Waals surface area contributed by atoms with Gasteiger partial charge in [-0.3, -0.25) is 0 Å². The predicted octanol–water partition coefficient (Wildman–Crippen LogP) is 4.24. The van der Waals surface area contributed by atoms with Crippen LogP contribution in [-0.2, 0) is 6.54 Å². The lowest BCUT2D eigenvalue weighted by atomic mass is 10.1. The standard InChI is InChI=1S/C16H11ClFNO4/c17-11-6-10(1-2-13(11)20)19-7-9-5-14-8(3-12(9)18)4-15(23-14)16(21)22/h1-6,19-20H,7H2,(H,21,22). The molecule has 0 aliphatic carbocycles. The van der Waals surface area contributed by atoms with E-state index in [1.165, 1.54) is 30.3 Å². The van der Waals surface area contributed by atoms with Crippen LogP contribution in [0.2, 0.25) is 5.02 Å². The van der Waals surface area contributed by atoms with Crippen LogP contribution in [0.1, 0.15) is 16.1 Å². The molecule has 118 valence electrons. The van der Waals surface area contributed by atoms with Gasteiger partial charge in [0.1, 0.15) is 17.1 Å². The van der Waals surface area contributed by atoms with E-state index in [0.29, 0.717) is 22.2 Å². The summed E-state index contributed by atoms with van der Waals surface area (Å²) >= 11 is 5.80. The predicted molar refractivity (Wildman–Crippen MR) is 83.6 cm³/mol. The first-order chi connectivity index (χ1) is 10.9. The normalized spacial score (nSPS) is 10.9. The van der Waals surface area contributed by atoms with Gasteiger partial charge in [-0.2, -0.15) is 0 Å². The molecule has 0 amide bonds. The Kier molecular flexibility index (Phi) is 3.83. The van der Waals surface area contributed by atoms with E-state index in [-0.39, 0.29) is 23.1 Å². The summed E-state index contributed by atoms with van der Waals surface area (Å²) in [6.45, 7) is 0.145. The average molecular weight is 336 g/mol. The zero-order valence-electron chi connectivity index (χ0n) is 11.6. The lowest BCUT2D eigenvalue weighted by molar-refractivity contribution is 0.0665. The Morgan fingerprint density at radius 1 is 1.26 bits per heavy atom. The van der Waals surface area contributed by atoms with Crippen molar-refractivity contribution in [3.05, 3.63) is 58.6 Å². The molecule has 0 unspecified atom stereocenters. The number of aromatic carboxylic acids is 1. The summed E-state index contributed by atoms with van der Waals surface area (Å²) in [5.41, 5.74) is 1.22. The average Bonchev–Trinajstić information content (AvgIpc) is 2.91. The van der Waals surface area contributed by atoms with Crippen molar-refractivity contribution in [1.82, 2.24) is 0 Å². The zero-order valence-corrected chi connectivity index (χ0v) is 12.4. The third-order valence-corrected chi connectivity index (χ3v) is 3.63. The van der Waals surface area contributed by atoms with Gasteiger partial charge in [-0.25, -0.2) is 9.18 Å². The van der Waals surface area contributed by atoms with Gasteiger partial charge in [0.15, 0.2) is 0 Å². The number of furan rings is 1. The molecule has 1 heterocycles. The first-order valence-corrected chi connectivity index (χ1v) is 6.99. The fourth-order valence-electron chi connectivity index (χ4n) is 2.16. The van der Waals surface area contributed by atoms with E-state index in [9.17, 15) is 14.3 Å². The van der Waals surface area contributed by atoms with E-state index in [4.69, 9.17) is 21.1 Å². The molecule has 0 atom stereocenters. The molecule has 0 radical (unpaired) electrons. The van der Waals surface area contributed by atoms with Gasteiger partial charge < -0.3 is 19.9 Å². The fourth-order valence-corrected chi connectivity index (χ4v) is 2.34. The molecule has 5 nitrogen and oxygen atoms in total. The molecule has 0 spiro atoms. The first-order valence-electron chi connectivity index (χ1n) is 6.61. The van der Waals surface area contributed by atoms with E-state index in [2.05, 4.69) is 5.32 Å². The summed E-state index contributed by atoms with van der Waals surface area (Å²) in [7, 11) is 0. The largest absolute Gasteiger partial charge is 0.506 e. The second kappa shape index (κ2) is 5.81. The molecule has 3 aromatic rings. The van der Waals surface area contributed by atoms with Crippen molar-refractivity contribution in [3.63, 3.8) is 0 Å².